The van der Waals surface area contributed by atoms with Crippen molar-refractivity contribution in [3.05, 3.63) is 53.3 Å². The molecule has 0 bridgehead atoms. The van der Waals surface area contributed by atoms with Crippen molar-refractivity contribution in [3.8, 4) is 0 Å². The molecule has 16 heteroatoms. The van der Waals surface area contributed by atoms with Gasteiger partial charge >= 0.3 is 12.4 Å². The summed E-state index contributed by atoms with van der Waals surface area (Å²) in [6.45, 7) is 0. The Balaban J connectivity index is 1.78. The van der Waals surface area contributed by atoms with Gasteiger partial charge in [-0.1, -0.05) is 6.07 Å². The van der Waals surface area contributed by atoms with Crippen molar-refractivity contribution in [2.45, 2.75) is 58.9 Å². The van der Waals surface area contributed by atoms with Crippen LogP contribution in [0.15, 0.2) is 46.3 Å². The fraction of sp³-hybridized carbons (Fsp3) is 0.429. The molecule has 1 aromatic carbocycles. The zero-order valence-electron chi connectivity index (χ0n) is 18.8. The van der Waals surface area contributed by atoms with Crippen LogP contribution in [0.1, 0.15) is 47.3 Å². The first-order valence-corrected chi connectivity index (χ1v) is 13.8. The average Bonchev–Trinajstić information content (AvgIpc) is 2.78. The normalized spacial score (nSPS) is 21.5. The molecule has 1 saturated carbocycles. The number of amides is 1. The van der Waals surface area contributed by atoms with E-state index in [4.69, 9.17) is 0 Å². The van der Waals surface area contributed by atoms with Crippen LogP contribution in [0.4, 0.5) is 30.7 Å². The van der Waals surface area contributed by atoms with Crippen LogP contribution in [0, 0.1) is 0 Å². The predicted molar refractivity (Wildman–Crippen MR) is 115 cm³/mol. The maximum atomic E-state index is 15.5. The number of hydrogen-bond acceptors (Lipinski definition) is 6. The Morgan fingerprint density at radius 3 is 2.05 bits per heavy atom. The molecule has 0 saturated heterocycles. The maximum absolute atomic E-state index is 15.5. The largest absolute Gasteiger partial charge is 0.417 e. The van der Waals surface area contributed by atoms with Crippen LogP contribution in [0.2, 0.25) is 0 Å². The van der Waals surface area contributed by atoms with Gasteiger partial charge in [-0.15, -0.1) is 0 Å². The van der Waals surface area contributed by atoms with Crippen molar-refractivity contribution in [2.75, 3.05) is 6.26 Å². The molecule has 1 N–H and O–H groups in total. The number of benzene rings is 1. The Labute approximate surface area is 206 Å². The van der Waals surface area contributed by atoms with Gasteiger partial charge < -0.3 is 5.32 Å². The lowest BCUT2D eigenvalue weighted by molar-refractivity contribution is -0.138. The summed E-state index contributed by atoms with van der Waals surface area (Å²) in [4.78, 5) is 14.1. The second kappa shape index (κ2) is 9.53. The highest BCUT2D eigenvalue weighted by Crippen LogP contribution is 2.41. The molecule has 1 aliphatic carbocycles. The minimum absolute atomic E-state index is 0.256. The topological polar surface area (TPSA) is 110 Å². The van der Waals surface area contributed by atoms with Crippen LogP contribution in [-0.2, 0) is 32.0 Å². The Hall–Kier alpha value is -2.75. The molecular formula is C21H19F7N2O5S2. The summed E-state index contributed by atoms with van der Waals surface area (Å²) in [5.41, 5.74) is -3.50. The zero-order valence-corrected chi connectivity index (χ0v) is 20.5. The maximum Gasteiger partial charge on any atom is 0.417 e. The number of halogens is 7. The minimum atomic E-state index is -4.93. The van der Waals surface area contributed by atoms with Crippen LogP contribution in [0.5, 0.6) is 0 Å². The van der Waals surface area contributed by atoms with E-state index in [0.29, 0.717) is 18.4 Å². The number of alkyl halides is 7. The summed E-state index contributed by atoms with van der Waals surface area (Å²) in [6.07, 6.45) is -11.0. The van der Waals surface area contributed by atoms with Crippen LogP contribution in [0.3, 0.4) is 0 Å². The monoisotopic (exact) mass is 576 g/mol. The van der Waals surface area contributed by atoms with Crippen molar-refractivity contribution >= 4 is 25.6 Å². The number of pyridine rings is 1. The first-order valence-electron chi connectivity index (χ1n) is 10.4. The van der Waals surface area contributed by atoms with Gasteiger partial charge in [0, 0.05) is 18.5 Å². The second-order valence-corrected chi connectivity index (χ2v) is 12.7. The molecule has 0 atom stereocenters. The molecule has 3 rings (SSSR count). The number of hydrogen-bond donors (Lipinski definition) is 1. The molecule has 1 aliphatic rings. The number of rotatable bonds is 5. The summed E-state index contributed by atoms with van der Waals surface area (Å²) < 4.78 is 143. The van der Waals surface area contributed by atoms with E-state index in [1.165, 1.54) is 0 Å². The van der Waals surface area contributed by atoms with Gasteiger partial charge in [0.05, 0.1) is 20.9 Å². The highest BCUT2D eigenvalue weighted by atomic mass is 32.2. The van der Waals surface area contributed by atoms with E-state index in [9.17, 15) is 48.0 Å². The molecule has 0 unspecified atom stereocenters. The number of sulfone groups is 2. The summed E-state index contributed by atoms with van der Waals surface area (Å²) >= 11 is 0. The number of carbonyl (C=O) groups excluding carboxylic acids is 1. The van der Waals surface area contributed by atoms with Gasteiger partial charge in [-0.25, -0.2) is 26.2 Å². The van der Waals surface area contributed by atoms with Crippen molar-refractivity contribution in [2.24, 2.45) is 0 Å². The van der Waals surface area contributed by atoms with Crippen molar-refractivity contribution in [3.63, 3.8) is 0 Å². The van der Waals surface area contributed by atoms with E-state index in [1.807, 2.05) is 0 Å². The molecule has 1 amide bonds. The number of aromatic nitrogens is 1. The Morgan fingerprint density at radius 2 is 1.54 bits per heavy atom. The van der Waals surface area contributed by atoms with E-state index < -0.39 is 88.4 Å². The Kier molecular flexibility index (Phi) is 7.42. The van der Waals surface area contributed by atoms with E-state index in [0.717, 1.165) is 12.1 Å². The van der Waals surface area contributed by atoms with Gasteiger partial charge in [0.2, 0.25) is 14.8 Å². The summed E-state index contributed by atoms with van der Waals surface area (Å²) in [7, 11) is -9.20. The molecule has 1 heterocycles. The molecule has 2 aromatic rings. The van der Waals surface area contributed by atoms with E-state index in [2.05, 4.69) is 10.3 Å². The molecule has 1 aromatic heterocycles. The number of nitrogens with zero attached hydrogens (tertiary/aromatic N) is 1. The fourth-order valence-corrected chi connectivity index (χ4v) is 6.39. The lowest BCUT2D eigenvalue weighted by atomic mass is 9.93. The Bertz CT molecular complexity index is 1410. The molecule has 37 heavy (non-hydrogen) atoms. The third kappa shape index (κ3) is 6.05. The zero-order chi connectivity index (χ0) is 28.0. The fourth-order valence-electron chi connectivity index (χ4n) is 3.82. The smallest absolute Gasteiger partial charge is 0.348 e. The lowest BCUT2D eigenvalue weighted by Crippen LogP contribution is -2.45. The number of nitrogens with one attached hydrogen (secondary N) is 1. The van der Waals surface area contributed by atoms with Gasteiger partial charge in [-0.05, 0) is 49.9 Å². The quantitative estimate of drug-likeness (QED) is 0.531. The summed E-state index contributed by atoms with van der Waals surface area (Å²) in [6, 6.07) is 1.98. The molecule has 0 spiro atoms. The highest BCUT2D eigenvalue weighted by molar-refractivity contribution is 7.92. The van der Waals surface area contributed by atoms with E-state index >= 15 is 4.39 Å². The van der Waals surface area contributed by atoms with Crippen LogP contribution < -0.4 is 5.32 Å². The predicted octanol–water partition coefficient (Wildman–Crippen LogP) is 4.33. The molecular weight excluding hydrogens is 557 g/mol. The molecule has 204 valence electrons. The molecule has 7 nitrogen and oxygen atoms in total. The van der Waals surface area contributed by atoms with Crippen LogP contribution in [-0.4, -0.2) is 45.0 Å². The molecule has 0 radical (unpaired) electrons. The number of carbonyl (C=O) groups is 1. The van der Waals surface area contributed by atoms with Gasteiger partial charge in [-0.2, -0.15) is 26.3 Å². The standard InChI is InChI=1S/C21H19F7N2O5S2/c1-36(32,33)16-10-13(21(26,27)28)11-29-17(16)18(31)30-14-5-7-19(22,8-6-14)37(34,35)15-4-2-3-12(9-15)20(23,24)25/h2-4,9-11,14H,5-8H2,1H3,(H,30,31)/t14-,19+. The van der Waals surface area contributed by atoms with Gasteiger partial charge in [0.15, 0.2) is 9.84 Å². The average molecular weight is 577 g/mol. The van der Waals surface area contributed by atoms with Crippen molar-refractivity contribution < 1.29 is 52.4 Å². The first kappa shape index (κ1) is 28.8. The van der Waals surface area contributed by atoms with Gasteiger partial charge in [-0.3, -0.25) is 4.79 Å². The van der Waals surface area contributed by atoms with Crippen LogP contribution in [0.25, 0.3) is 0 Å². The Morgan fingerprint density at radius 1 is 0.973 bits per heavy atom. The van der Waals surface area contributed by atoms with Gasteiger partial charge in [0.1, 0.15) is 5.69 Å². The second-order valence-electron chi connectivity index (χ2n) is 8.50. The highest BCUT2D eigenvalue weighted by Gasteiger charge is 2.48. The summed E-state index contributed by atoms with van der Waals surface area (Å²) in [5.74, 6) is -1.17. The third-order valence-corrected chi connectivity index (χ3v) is 9.17. The lowest BCUT2D eigenvalue weighted by Gasteiger charge is -2.34. The molecule has 1 fully saturated rings. The minimum Gasteiger partial charge on any atom is -0.348 e. The first-order chi connectivity index (χ1) is 16.8. The summed E-state index contributed by atoms with van der Waals surface area (Å²) in [5, 5.41) is -0.635. The van der Waals surface area contributed by atoms with Crippen LogP contribution >= 0.6 is 0 Å². The van der Waals surface area contributed by atoms with Crippen molar-refractivity contribution in [1.29, 1.82) is 0 Å². The van der Waals surface area contributed by atoms with Gasteiger partial charge in [0.25, 0.3) is 5.91 Å². The molecule has 0 aliphatic heterocycles. The SMILES string of the molecule is CS(=O)(=O)c1cc(C(F)(F)F)cnc1C(=O)N[C@H]1CC[C@@](F)(S(=O)(=O)c2cccc(C(F)(F)F)c2)CC1. The van der Waals surface area contributed by atoms with E-state index in [-0.39, 0.29) is 25.1 Å². The van der Waals surface area contributed by atoms with E-state index in [1.54, 1.807) is 0 Å². The van der Waals surface area contributed by atoms with Crippen molar-refractivity contribution in [1.82, 2.24) is 10.3 Å². The third-order valence-electron chi connectivity index (χ3n) is 5.82.